The van der Waals surface area contributed by atoms with E-state index in [2.05, 4.69) is 0 Å². The Morgan fingerprint density at radius 3 is 2.17 bits per heavy atom. The molecule has 5 heteroatoms. The maximum absolute atomic E-state index is 11.1. The molecule has 0 aromatic heterocycles. The summed E-state index contributed by atoms with van der Waals surface area (Å²) in [4.78, 5) is 31.6. The Morgan fingerprint density at radius 1 is 1.04 bits per heavy atom. The number of aldehydes is 2. The summed E-state index contributed by atoms with van der Waals surface area (Å²) in [6, 6.07) is 12.7. The van der Waals surface area contributed by atoms with Crippen molar-refractivity contribution in [3.05, 3.63) is 59.7 Å². The minimum absolute atomic E-state index is 0.125. The molecular weight excluding hydrogens is 296 g/mol. The third-order valence-electron chi connectivity index (χ3n) is 2.69. The Labute approximate surface area is 134 Å². The molecule has 5 nitrogen and oxygen atoms in total. The van der Waals surface area contributed by atoms with Crippen molar-refractivity contribution < 1.29 is 24.2 Å². The molecule has 0 fully saturated rings. The quantitative estimate of drug-likeness (QED) is 0.519. The smallest absolute Gasteiger partial charge is 0.311 e. The van der Waals surface area contributed by atoms with Gasteiger partial charge in [-0.2, -0.15) is 0 Å². The number of aromatic hydroxyl groups is 1. The van der Waals surface area contributed by atoms with Crippen molar-refractivity contribution in [2.75, 3.05) is 0 Å². The summed E-state index contributed by atoms with van der Waals surface area (Å²) in [5, 5.41) is 8.79. The lowest BCUT2D eigenvalue weighted by Gasteiger charge is -2.02. The molecule has 0 aliphatic heterocycles. The van der Waals surface area contributed by atoms with Crippen LogP contribution in [0.3, 0.4) is 0 Å². The van der Waals surface area contributed by atoms with E-state index in [0.717, 1.165) is 12.7 Å². The Morgan fingerprint density at radius 2 is 1.65 bits per heavy atom. The Hall–Kier alpha value is -2.95. The zero-order valence-electron chi connectivity index (χ0n) is 12.8. The van der Waals surface area contributed by atoms with Gasteiger partial charge in [0.05, 0.1) is 0 Å². The number of carbonyl (C=O) groups is 3. The van der Waals surface area contributed by atoms with Crippen LogP contribution in [0.1, 0.15) is 40.5 Å². The van der Waals surface area contributed by atoms with Crippen LogP contribution >= 0.6 is 0 Å². The van der Waals surface area contributed by atoms with E-state index in [-0.39, 0.29) is 11.7 Å². The SMILES string of the molecule is CCCC(=O)Oc1cccc(C=O)c1.O=Cc1cccc(O)c1. The van der Waals surface area contributed by atoms with Gasteiger partial charge in [-0.15, -0.1) is 0 Å². The number of ether oxygens (including phenoxy) is 1. The lowest BCUT2D eigenvalue weighted by atomic mass is 10.2. The summed E-state index contributed by atoms with van der Waals surface area (Å²) in [5.74, 6) is 0.281. The van der Waals surface area contributed by atoms with Gasteiger partial charge in [0.15, 0.2) is 0 Å². The van der Waals surface area contributed by atoms with E-state index < -0.39 is 0 Å². The molecule has 0 bridgehead atoms. The summed E-state index contributed by atoms with van der Waals surface area (Å²) >= 11 is 0. The highest BCUT2D eigenvalue weighted by atomic mass is 16.5. The molecule has 0 aliphatic carbocycles. The fraction of sp³-hybridized carbons (Fsp3) is 0.167. The first-order chi connectivity index (χ1) is 11.1. The van der Waals surface area contributed by atoms with Crippen molar-refractivity contribution >= 4 is 18.5 Å². The zero-order valence-corrected chi connectivity index (χ0v) is 12.8. The van der Waals surface area contributed by atoms with E-state index in [0.29, 0.717) is 29.6 Å². The van der Waals surface area contributed by atoms with Crippen LogP contribution in [-0.4, -0.2) is 23.6 Å². The van der Waals surface area contributed by atoms with Crippen molar-refractivity contribution in [1.29, 1.82) is 0 Å². The normalized spacial score (nSPS) is 9.26. The molecular formula is C18H18O5. The van der Waals surface area contributed by atoms with Gasteiger partial charge in [0, 0.05) is 17.5 Å². The molecule has 0 saturated carbocycles. The summed E-state index contributed by atoms with van der Waals surface area (Å²) in [5.41, 5.74) is 1.00. The van der Waals surface area contributed by atoms with Crippen molar-refractivity contribution in [3.63, 3.8) is 0 Å². The molecule has 0 aliphatic rings. The molecule has 0 spiro atoms. The van der Waals surface area contributed by atoms with Crippen molar-refractivity contribution in [3.8, 4) is 11.5 Å². The van der Waals surface area contributed by atoms with E-state index in [9.17, 15) is 14.4 Å². The summed E-state index contributed by atoms with van der Waals surface area (Å²) in [6.45, 7) is 1.91. The second-order valence-corrected chi connectivity index (χ2v) is 4.63. The molecule has 0 amide bonds. The van der Waals surface area contributed by atoms with E-state index >= 15 is 0 Å². The van der Waals surface area contributed by atoms with Gasteiger partial charge in [0.1, 0.15) is 24.1 Å². The van der Waals surface area contributed by atoms with Crippen molar-refractivity contribution in [2.24, 2.45) is 0 Å². The third-order valence-corrected chi connectivity index (χ3v) is 2.69. The summed E-state index contributed by atoms with van der Waals surface area (Å²) < 4.78 is 5.00. The maximum Gasteiger partial charge on any atom is 0.311 e. The highest BCUT2D eigenvalue weighted by Gasteiger charge is 2.03. The number of carbonyl (C=O) groups excluding carboxylic acids is 3. The topological polar surface area (TPSA) is 80.7 Å². The summed E-state index contributed by atoms with van der Waals surface area (Å²) in [7, 11) is 0. The van der Waals surface area contributed by atoms with Crippen LogP contribution in [0.4, 0.5) is 0 Å². The van der Waals surface area contributed by atoms with Gasteiger partial charge in [-0.3, -0.25) is 14.4 Å². The first kappa shape index (κ1) is 18.1. The Bertz CT molecular complexity index is 664. The van der Waals surface area contributed by atoms with Crippen LogP contribution in [0.2, 0.25) is 0 Å². The number of hydrogen-bond acceptors (Lipinski definition) is 5. The molecule has 23 heavy (non-hydrogen) atoms. The van der Waals surface area contributed by atoms with Gasteiger partial charge < -0.3 is 9.84 Å². The number of benzene rings is 2. The van der Waals surface area contributed by atoms with Gasteiger partial charge in [0.2, 0.25) is 0 Å². The second-order valence-electron chi connectivity index (χ2n) is 4.63. The number of hydrogen-bond donors (Lipinski definition) is 1. The fourth-order valence-electron chi connectivity index (χ4n) is 1.64. The van der Waals surface area contributed by atoms with Crippen LogP contribution in [0, 0.1) is 0 Å². The predicted octanol–water partition coefficient (Wildman–Crippen LogP) is 3.41. The van der Waals surface area contributed by atoms with Gasteiger partial charge in [-0.05, 0) is 30.7 Å². The number of phenolic OH excluding ortho intramolecular Hbond substituents is 1. The van der Waals surface area contributed by atoms with E-state index in [1.807, 2.05) is 6.92 Å². The van der Waals surface area contributed by atoms with E-state index in [4.69, 9.17) is 9.84 Å². The number of esters is 1. The van der Waals surface area contributed by atoms with E-state index in [1.165, 1.54) is 12.1 Å². The van der Waals surface area contributed by atoms with Crippen LogP contribution in [0.5, 0.6) is 11.5 Å². The zero-order chi connectivity index (χ0) is 17.1. The monoisotopic (exact) mass is 314 g/mol. The number of rotatable bonds is 5. The average molecular weight is 314 g/mol. The molecule has 0 unspecified atom stereocenters. The van der Waals surface area contributed by atoms with Crippen LogP contribution in [0.15, 0.2) is 48.5 Å². The highest BCUT2D eigenvalue weighted by Crippen LogP contribution is 2.12. The molecule has 1 N–H and O–H groups in total. The highest BCUT2D eigenvalue weighted by molar-refractivity contribution is 5.77. The molecule has 0 saturated heterocycles. The minimum atomic E-state index is -0.268. The largest absolute Gasteiger partial charge is 0.508 e. The molecule has 2 aromatic rings. The maximum atomic E-state index is 11.1. The Kier molecular flexibility index (Phi) is 7.78. The molecule has 0 atom stereocenters. The lowest BCUT2D eigenvalue weighted by Crippen LogP contribution is -2.06. The third kappa shape index (κ3) is 7.04. The van der Waals surface area contributed by atoms with Crippen molar-refractivity contribution in [1.82, 2.24) is 0 Å². The Balaban J connectivity index is 0.000000253. The standard InChI is InChI=1S/C11H12O3.C7H6O2/c1-2-4-11(13)14-10-6-3-5-9(7-10)8-12;8-5-6-2-1-3-7(9)4-6/h3,5-8H,2,4H2,1H3;1-5,9H. The molecule has 2 rings (SSSR count). The van der Waals surface area contributed by atoms with Gasteiger partial charge in [-0.1, -0.05) is 31.2 Å². The van der Waals surface area contributed by atoms with E-state index in [1.54, 1.807) is 36.4 Å². The molecule has 0 radical (unpaired) electrons. The molecule has 120 valence electrons. The van der Waals surface area contributed by atoms with Gasteiger partial charge in [-0.25, -0.2) is 0 Å². The first-order valence-corrected chi connectivity index (χ1v) is 7.09. The van der Waals surface area contributed by atoms with Gasteiger partial charge >= 0.3 is 5.97 Å². The predicted molar refractivity (Wildman–Crippen MR) is 85.9 cm³/mol. The van der Waals surface area contributed by atoms with Crippen LogP contribution in [-0.2, 0) is 4.79 Å². The van der Waals surface area contributed by atoms with Crippen molar-refractivity contribution in [2.45, 2.75) is 19.8 Å². The van der Waals surface area contributed by atoms with Gasteiger partial charge in [0.25, 0.3) is 0 Å². The first-order valence-electron chi connectivity index (χ1n) is 7.09. The average Bonchev–Trinajstić information content (AvgIpc) is 2.55. The molecule has 2 aromatic carbocycles. The minimum Gasteiger partial charge on any atom is -0.508 e. The fourth-order valence-corrected chi connectivity index (χ4v) is 1.64. The molecule has 0 heterocycles. The number of phenols is 1. The lowest BCUT2D eigenvalue weighted by molar-refractivity contribution is -0.134. The second kappa shape index (κ2) is 9.89. The summed E-state index contributed by atoms with van der Waals surface area (Å²) in [6.07, 6.45) is 2.56. The van der Waals surface area contributed by atoms with Crippen LogP contribution < -0.4 is 4.74 Å². The van der Waals surface area contributed by atoms with Crippen LogP contribution in [0.25, 0.3) is 0 Å².